The topological polar surface area (TPSA) is 94.0 Å². The van der Waals surface area contributed by atoms with E-state index in [9.17, 15) is 9.59 Å². The van der Waals surface area contributed by atoms with E-state index < -0.39 is 0 Å². The van der Waals surface area contributed by atoms with Crippen LogP contribution in [0.4, 0.5) is 16.2 Å². The number of hydrogen-bond donors (Lipinski definition) is 3. The second-order valence-corrected chi connectivity index (χ2v) is 6.16. The Labute approximate surface area is 153 Å². The number of nitrogens with one attached hydrogen (secondary N) is 3. The summed E-state index contributed by atoms with van der Waals surface area (Å²) >= 11 is 0. The Balaban J connectivity index is 1.93. The quantitative estimate of drug-likeness (QED) is 0.742. The number of nitrogens with zero attached hydrogens (tertiary/aromatic N) is 1. The van der Waals surface area contributed by atoms with Gasteiger partial charge in [0.25, 0.3) is 0 Å². The summed E-state index contributed by atoms with van der Waals surface area (Å²) in [5.41, 5.74) is 2.67. The average molecular weight is 350 g/mol. The van der Waals surface area contributed by atoms with Crippen LogP contribution in [-0.2, 0) is 11.2 Å². The minimum absolute atomic E-state index is 0.0178. The first-order chi connectivity index (χ1) is 12.5. The molecule has 6 nitrogen and oxygen atoms in total. The third-order valence-corrected chi connectivity index (χ3v) is 3.59. The number of benzene rings is 2. The molecule has 0 bridgehead atoms. The Morgan fingerprint density at radius 3 is 2.19 bits per heavy atom. The first-order valence-corrected chi connectivity index (χ1v) is 8.43. The molecule has 134 valence electrons. The van der Waals surface area contributed by atoms with Crippen LogP contribution >= 0.6 is 0 Å². The number of amides is 3. The number of para-hydroxylation sites is 2. The van der Waals surface area contributed by atoms with E-state index in [1.807, 2.05) is 26.0 Å². The van der Waals surface area contributed by atoms with Crippen molar-refractivity contribution in [3.05, 3.63) is 59.7 Å². The second-order valence-electron chi connectivity index (χ2n) is 6.16. The minimum Gasteiger partial charge on any atom is -0.336 e. The molecule has 2 aromatic rings. The van der Waals surface area contributed by atoms with Gasteiger partial charge >= 0.3 is 6.03 Å². The lowest BCUT2D eigenvalue weighted by atomic mass is 10.1. The molecule has 3 N–H and O–H groups in total. The minimum atomic E-state index is -0.320. The van der Waals surface area contributed by atoms with Crippen LogP contribution in [0.25, 0.3) is 0 Å². The molecule has 0 unspecified atom stereocenters. The van der Waals surface area contributed by atoms with Gasteiger partial charge in [0.2, 0.25) is 5.91 Å². The van der Waals surface area contributed by atoms with Gasteiger partial charge in [-0.15, -0.1) is 0 Å². The van der Waals surface area contributed by atoms with Gasteiger partial charge in [0.15, 0.2) is 0 Å². The second kappa shape index (κ2) is 9.23. The molecule has 26 heavy (non-hydrogen) atoms. The van der Waals surface area contributed by atoms with E-state index in [1.165, 1.54) is 0 Å². The molecular weight excluding hydrogens is 328 g/mol. The number of nitriles is 1. The van der Waals surface area contributed by atoms with E-state index in [4.69, 9.17) is 5.26 Å². The van der Waals surface area contributed by atoms with Gasteiger partial charge in [0.1, 0.15) is 0 Å². The summed E-state index contributed by atoms with van der Waals surface area (Å²) in [6.45, 7) is 3.74. The van der Waals surface area contributed by atoms with E-state index in [0.29, 0.717) is 29.8 Å². The molecular formula is C20H22N4O2. The Kier molecular flexibility index (Phi) is 6.75. The van der Waals surface area contributed by atoms with Gasteiger partial charge in [-0.05, 0) is 50.1 Å². The average Bonchev–Trinajstić information content (AvgIpc) is 2.61. The number of rotatable bonds is 6. The maximum atomic E-state index is 12.2. The van der Waals surface area contributed by atoms with Gasteiger partial charge in [-0.3, -0.25) is 4.79 Å². The predicted molar refractivity (Wildman–Crippen MR) is 102 cm³/mol. The molecule has 0 aliphatic heterocycles. The summed E-state index contributed by atoms with van der Waals surface area (Å²) in [6.07, 6.45) is 0.874. The van der Waals surface area contributed by atoms with Gasteiger partial charge in [-0.25, -0.2) is 4.79 Å². The fourth-order valence-electron chi connectivity index (χ4n) is 2.34. The molecule has 0 fully saturated rings. The van der Waals surface area contributed by atoms with Gasteiger partial charge in [0.05, 0.1) is 23.0 Å². The van der Waals surface area contributed by atoms with Crippen molar-refractivity contribution in [1.82, 2.24) is 5.32 Å². The summed E-state index contributed by atoms with van der Waals surface area (Å²) in [6, 6.07) is 16.0. The number of aryl methyl sites for hydroxylation is 1. The molecule has 0 aliphatic rings. The highest BCUT2D eigenvalue weighted by Crippen LogP contribution is 2.21. The zero-order valence-corrected chi connectivity index (χ0v) is 14.9. The monoisotopic (exact) mass is 350 g/mol. The van der Waals surface area contributed by atoms with Crippen molar-refractivity contribution in [3.63, 3.8) is 0 Å². The van der Waals surface area contributed by atoms with Crippen LogP contribution in [0.1, 0.15) is 31.4 Å². The van der Waals surface area contributed by atoms with Crippen molar-refractivity contribution in [3.8, 4) is 6.07 Å². The van der Waals surface area contributed by atoms with Gasteiger partial charge in [-0.1, -0.05) is 24.3 Å². The fraction of sp³-hybridized carbons (Fsp3) is 0.250. The van der Waals surface area contributed by atoms with Crippen molar-refractivity contribution < 1.29 is 9.59 Å². The van der Waals surface area contributed by atoms with Crippen molar-refractivity contribution in [1.29, 1.82) is 5.26 Å². The van der Waals surface area contributed by atoms with Gasteiger partial charge in [0, 0.05) is 12.5 Å². The standard InChI is InChI=1S/C20H22N4O2/c1-14(2)22-20(26)24-18-6-4-3-5-17(18)23-19(25)12-11-15-7-9-16(13-21)10-8-15/h3-10,14H,11-12H2,1-2H3,(H,23,25)(H2,22,24,26). The van der Waals surface area contributed by atoms with E-state index in [0.717, 1.165) is 5.56 Å². The summed E-state index contributed by atoms with van der Waals surface area (Å²) in [7, 11) is 0. The SMILES string of the molecule is CC(C)NC(=O)Nc1ccccc1NC(=O)CCc1ccc(C#N)cc1. The van der Waals surface area contributed by atoms with Crippen LogP contribution in [0.2, 0.25) is 0 Å². The molecule has 0 radical (unpaired) electrons. The highest BCUT2D eigenvalue weighted by Gasteiger charge is 2.10. The maximum absolute atomic E-state index is 12.2. The number of carbonyl (C=O) groups excluding carboxylic acids is 2. The van der Waals surface area contributed by atoms with Gasteiger partial charge < -0.3 is 16.0 Å². The number of urea groups is 1. The van der Waals surface area contributed by atoms with E-state index in [1.54, 1.807) is 36.4 Å². The number of carbonyl (C=O) groups is 2. The maximum Gasteiger partial charge on any atom is 0.319 e. The Hall–Kier alpha value is -3.33. The smallest absolute Gasteiger partial charge is 0.319 e. The lowest BCUT2D eigenvalue weighted by Crippen LogP contribution is -2.34. The third kappa shape index (κ3) is 5.95. The van der Waals surface area contributed by atoms with Crippen molar-refractivity contribution in [2.45, 2.75) is 32.7 Å². The molecule has 2 rings (SSSR count). The Morgan fingerprint density at radius 1 is 1.00 bits per heavy atom. The summed E-state index contributed by atoms with van der Waals surface area (Å²) in [5, 5.41) is 17.1. The summed E-state index contributed by atoms with van der Waals surface area (Å²) in [5.74, 6) is -0.145. The van der Waals surface area contributed by atoms with Crippen LogP contribution in [0.15, 0.2) is 48.5 Å². The van der Waals surface area contributed by atoms with Crippen molar-refractivity contribution in [2.75, 3.05) is 10.6 Å². The molecule has 0 heterocycles. The van der Waals surface area contributed by atoms with Crippen LogP contribution < -0.4 is 16.0 Å². The molecule has 6 heteroatoms. The molecule has 3 amide bonds. The summed E-state index contributed by atoms with van der Waals surface area (Å²) < 4.78 is 0. The van der Waals surface area contributed by atoms with Crippen LogP contribution in [0, 0.1) is 11.3 Å². The molecule has 0 atom stereocenters. The zero-order valence-electron chi connectivity index (χ0n) is 14.9. The number of hydrogen-bond acceptors (Lipinski definition) is 3. The fourth-order valence-corrected chi connectivity index (χ4v) is 2.34. The molecule has 0 aliphatic carbocycles. The molecule has 0 aromatic heterocycles. The van der Waals surface area contributed by atoms with Crippen LogP contribution in [0.5, 0.6) is 0 Å². The lowest BCUT2D eigenvalue weighted by Gasteiger charge is -2.14. The Bertz CT molecular complexity index is 807. The first-order valence-electron chi connectivity index (χ1n) is 8.43. The third-order valence-electron chi connectivity index (χ3n) is 3.59. The molecule has 0 saturated carbocycles. The van der Waals surface area contributed by atoms with E-state index in [-0.39, 0.29) is 18.0 Å². The van der Waals surface area contributed by atoms with Crippen LogP contribution in [0.3, 0.4) is 0 Å². The molecule has 0 saturated heterocycles. The highest BCUT2D eigenvalue weighted by atomic mass is 16.2. The van der Waals surface area contributed by atoms with E-state index in [2.05, 4.69) is 22.0 Å². The molecule has 2 aromatic carbocycles. The van der Waals surface area contributed by atoms with Crippen molar-refractivity contribution in [2.24, 2.45) is 0 Å². The largest absolute Gasteiger partial charge is 0.336 e. The zero-order chi connectivity index (χ0) is 18.9. The predicted octanol–water partition coefficient (Wildman–Crippen LogP) is 3.66. The van der Waals surface area contributed by atoms with E-state index >= 15 is 0 Å². The normalized spacial score (nSPS) is 10.1. The van der Waals surface area contributed by atoms with Crippen LogP contribution in [-0.4, -0.2) is 18.0 Å². The lowest BCUT2D eigenvalue weighted by molar-refractivity contribution is -0.116. The van der Waals surface area contributed by atoms with Gasteiger partial charge in [-0.2, -0.15) is 5.26 Å². The Morgan fingerprint density at radius 2 is 1.62 bits per heavy atom. The first kappa shape index (κ1) is 19.0. The summed E-state index contributed by atoms with van der Waals surface area (Å²) in [4.78, 5) is 24.1. The highest BCUT2D eigenvalue weighted by molar-refractivity contribution is 5.99. The molecule has 0 spiro atoms. The number of anilines is 2. The van der Waals surface area contributed by atoms with Crippen molar-refractivity contribution >= 4 is 23.3 Å².